The second kappa shape index (κ2) is 68.5. The van der Waals surface area contributed by atoms with Crippen LogP contribution in [0.5, 0.6) is 0 Å². The molecule has 0 radical (unpaired) electrons. The van der Waals surface area contributed by atoms with Gasteiger partial charge in [-0.2, -0.15) is 0 Å². The largest absolute Gasteiger partial charge is 0.383 e. The van der Waals surface area contributed by atoms with E-state index in [1.54, 1.807) is 36.0 Å². The second-order valence-electron chi connectivity index (χ2n) is 28.5. The molecule has 578 valence electrons. The number of methoxy groups -OCH3 is 3. The highest BCUT2D eigenvalue weighted by molar-refractivity contribution is 5.89. The third-order valence-corrected chi connectivity index (χ3v) is 18.5. The minimum Gasteiger partial charge on any atom is -0.383 e. The number of hydrogen-bond donors (Lipinski definition) is 3. The maximum absolute atomic E-state index is 14.9. The molecule has 0 saturated carbocycles. The van der Waals surface area contributed by atoms with Gasteiger partial charge in [-0.3, -0.25) is 33.7 Å². The lowest BCUT2D eigenvalue weighted by atomic mass is 9.99. The first-order valence-electron chi connectivity index (χ1n) is 40.4. The van der Waals surface area contributed by atoms with Crippen LogP contribution in [0.15, 0.2) is 72.9 Å². The molecule has 0 aromatic heterocycles. The summed E-state index contributed by atoms with van der Waals surface area (Å²) < 4.78 is 16.0. The maximum Gasteiger partial charge on any atom is 0.243 e. The number of nitrogens with one attached hydrogen (secondary N) is 3. The SMILES string of the molecule is CCCCC/C=C\C/C=C\CCCCCCCC(=O)N(CCN(CCN(C(=O)CCCCCCC/C=C\C/C=C\CCCCC)C(C(=O)NCCOC)C(C)C)CCN(C(=O)CCCCCCC/C=C\C/C=C\CCCCC)C(C(=O)NCCOC)C(C)C)C(C(=O)NCCOC)C(C)C. The fourth-order valence-corrected chi connectivity index (χ4v) is 12.6. The van der Waals surface area contributed by atoms with Crippen LogP contribution in [0.4, 0.5) is 0 Å². The van der Waals surface area contributed by atoms with Crippen molar-refractivity contribution < 1.29 is 43.0 Å². The molecule has 0 rings (SSSR count). The molecule has 3 unspecified atom stereocenters. The van der Waals surface area contributed by atoms with E-state index in [1.165, 1.54) is 57.8 Å². The van der Waals surface area contributed by atoms with Crippen LogP contribution in [0.3, 0.4) is 0 Å². The van der Waals surface area contributed by atoms with Crippen LogP contribution in [0.25, 0.3) is 0 Å². The fourth-order valence-electron chi connectivity index (χ4n) is 12.6. The Hall–Kier alpha value is -4.90. The average Bonchev–Trinajstić information content (AvgIpc) is 0.874. The summed E-state index contributed by atoms with van der Waals surface area (Å²) in [6.45, 7) is 21.8. The molecule has 0 aromatic carbocycles. The predicted octanol–water partition coefficient (Wildman–Crippen LogP) is 17.6. The zero-order chi connectivity index (χ0) is 73.9. The number of amides is 6. The second-order valence-corrected chi connectivity index (χ2v) is 28.5. The van der Waals surface area contributed by atoms with Crippen molar-refractivity contribution in [2.24, 2.45) is 17.8 Å². The number of unbranched alkanes of at least 4 members (excludes halogenated alkanes) is 24. The molecule has 0 heterocycles. The van der Waals surface area contributed by atoms with Crippen LogP contribution in [0.2, 0.25) is 0 Å². The molecule has 0 saturated heterocycles. The number of carbonyl (C=O) groups excluding carboxylic acids is 6. The number of ether oxygens (including phenoxy) is 3. The van der Waals surface area contributed by atoms with E-state index in [1.807, 2.05) is 41.5 Å². The first kappa shape index (κ1) is 95.1. The molecule has 16 nitrogen and oxygen atoms in total. The minimum absolute atomic E-state index is 0.102. The molecule has 0 bridgehead atoms. The summed E-state index contributed by atoms with van der Waals surface area (Å²) in [5, 5.41) is 9.13. The van der Waals surface area contributed by atoms with E-state index in [2.05, 4.69) is 115 Å². The first-order chi connectivity index (χ1) is 48.6. The topological polar surface area (TPSA) is 179 Å². The molecule has 0 aliphatic carbocycles. The molecule has 16 heteroatoms. The normalized spacial score (nSPS) is 13.1. The molecule has 0 aliphatic heterocycles. The van der Waals surface area contributed by atoms with Crippen molar-refractivity contribution in [2.75, 3.05) is 100 Å². The van der Waals surface area contributed by atoms with Gasteiger partial charge < -0.3 is 44.9 Å². The Morgan fingerprint density at radius 2 is 0.520 bits per heavy atom. The molecular formula is C84H153N7O9. The van der Waals surface area contributed by atoms with E-state index in [9.17, 15) is 28.8 Å². The Bertz CT molecular complexity index is 1960. The monoisotopic (exact) mass is 1400 g/mol. The smallest absolute Gasteiger partial charge is 0.243 e. The van der Waals surface area contributed by atoms with Gasteiger partial charge in [0.15, 0.2) is 0 Å². The zero-order valence-corrected chi connectivity index (χ0v) is 66.3. The lowest BCUT2D eigenvalue weighted by Gasteiger charge is -2.39. The van der Waals surface area contributed by atoms with Crippen molar-refractivity contribution in [3.8, 4) is 0 Å². The summed E-state index contributed by atoms with van der Waals surface area (Å²) >= 11 is 0. The van der Waals surface area contributed by atoms with Gasteiger partial charge >= 0.3 is 0 Å². The van der Waals surface area contributed by atoms with E-state index in [0.717, 1.165) is 135 Å². The summed E-state index contributed by atoms with van der Waals surface area (Å²) in [5.74, 6) is -1.76. The van der Waals surface area contributed by atoms with Crippen molar-refractivity contribution >= 4 is 35.4 Å². The van der Waals surface area contributed by atoms with Gasteiger partial charge in [0, 0.05) is 99.5 Å². The number of hydrogen-bond acceptors (Lipinski definition) is 10. The van der Waals surface area contributed by atoms with Gasteiger partial charge in [0.2, 0.25) is 35.4 Å². The van der Waals surface area contributed by atoms with Crippen molar-refractivity contribution in [3.63, 3.8) is 0 Å². The Balaban J connectivity index is 7.26. The summed E-state index contributed by atoms with van der Waals surface area (Å²) in [5.41, 5.74) is 0. The van der Waals surface area contributed by atoms with Crippen LogP contribution >= 0.6 is 0 Å². The van der Waals surface area contributed by atoms with Crippen LogP contribution in [0, 0.1) is 17.8 Å². The molecule has 0 spiro atoms. The van der Waals surface area contributed by atoms with E-state index in [0.29, 0.717) is 78.4 Å². The fraction of sp³-hybridized carbons (Fsp3) is 0.786. The Kier molecular flexibility index (Phi) is 65.2. The molecule has 6 amide bonds. The molecule has 3 N–H and O–H groups in total. The quantitative estimate of drug-likeness (QED) is 0.0392. The molecule has 100 heavy (non-hydrogen) atoms. The minimum atomic E-state index is -0.782. The molecular weight excluding hydrogens is 1250 g/mol. The van der Waals surface area contributed by atoms with Crippen molar-refractivity contribution in [1.29, 1.82) is 0 Å². The van der Waals surface area contributed by atoms with Crippen LogP contribution in [-0.4, -0.2) is 173 Å². The van der Waals surface area contributed by atoms with Crippen molar-refractivity contribution in [2.45, 2.75) is 312 Å². The predicted molar refractivity (Wildman–Crippen MR) is 420 cm³/mol. The highest BCUT2D eigenvalue weighted by atomic mass is 16.5. The van der Waals surface area contributed by atoms with Gasteiger partial charge in [-0.05, 0) is 133 Å². The molecule has 0 aromatic rings. The van der Waals surface area contributed by atoms with Crippen LogP contribution < -0.4 is 16.0 Å². The average molecular weight is 1410 g/mol. The number of rotatable bonds is 69. The van der Waals surface area contributed by atoms with Gasteiger partial charge in [0.05, 0.1) is 19.8 Å². The van der Waals surface area contributed by atoms with Gasteiger partial charge in [0.25, 0.3) is 0 Å². The first-order valence-corrected chi connectivity index (χ1v) is 40.4. The van der Waals surface area contributed by atoms with Gasteiger partial charge in [0.1, 0.15) is 18.1 Å². The molecule has 3 atom stereocenters. The summed E-state index contributed by atoms with van der Waals surface area (Å²) in [6.07, 6.45) is 63.2. The lowest BCUT2D eigenvalue weighted by molar-refractivity contribution is -0.144. The standard InChI is InChI=1S/C84H153N7O9/c1-13-16-19-22-25-28-31-34-37-40-43-46-49-52-55-58-76(92)89(79(73(4)5)82(95)85-61-70-98-10)67-64-88(65-68-90(80(74(6)7)83(96)86-62-71-99-11)77(93)59-56-53-50-47-44-41-38-35-32-29-26-23-20-17-14-2)66-69-91(81(75(8)9)84(97)87-63-72-100-12)78(94)60-57-54-51-48-45-42-39-36-33-30-27-24-21-18-15-3/h25-30,34-39,73-75,79-81H,13-24,31-33,40-72H2,1-12H3,(H,85,95)(H,86,96)(H,87,97)/b28-25-,29-26-,30-27-,37-34-,38-35-,39-36-. The summed E-state index contributed by atoms with van der Waals surface area (Å²) in [7, 11) is 4.78. The third-order valence-electron chi connectivity index (χ3n) is 18.5. The van der Waals surface area contributed by atoms with E-state index in [4.69, 9.17) is 14.2 Å². The third kappa shape index (κ3) is 51.3. The summed E-state index contributed by atoms with van der Waals surface area (Å²) in [4.78, 5) is 95.2. The number of allylic oxidation sites excluding steroid dienone is 12. The Morgan fingerprint density at radius 1 is 0.300 bits per heavy atom. The van der Waals surface area contributed by atoms with Crippen molar-refractivity contribution in [1.82, 2.24) is 35.6 Å². The highest BCUT2D eigenvalue weighted by Crippen LogP contribution is 2.21. The van der Waals surface area contributed by atoms with E-state index >= 15 is 0 Å². The van der Waals surface area contributed by atoms with E-state index < -0.39 is 18.1 Å². The van der Waals surface area contributed by atoms with E-state index in [-0.39, 0.29) is 92.1 Å². The molecule has 0 fully saturated rings. The highest BCUT2D eigenvalue weighted by Gasteiger charge is 2.36. The number of nitrogens with zero attached hydrogens (tertiary/aromatic N) is 4. The number of carbonyl (C=O) groups is 6. The van der Waals surface area contributed by atoms with Crippen molar-refractivity contribution in [3.05, 3.63) is 72.9 Å². The Labute approximate surface area is 613 Å². The van der Waals surface area contributed by atoms with Gasteiger partial charge in [-0.25, -0.2) is 0 Å². The van der Waals surface area contributed by atoms with Crippen LogP contribution in [0.1, 0.15) is 293 Å². The lowest BCUT2D eigenvalue weighted by Crippen LogP contribution is -2.57. The molecule has 0 aliphatic rings. The summed E-state index contributed by atoms with van der Waals surface area (Å²) in [6, 6.07) is -2.35. The zero-order valence-electron chi connectivity index (χ0n) is 66.3. The van der Waals surface area contributed by atoms with Gasteiger partial charge in [-0.1, -0.05) is 232 Å². The van der Waals surface area contributed by atoms with Gasteiger partial charge in [-0.15, -0.1) is 0 Å². The Morgan fingerprint density at radius 3 is 0.740 bits per heavy atom. The van der Waals surface area contributed by atoms with Crippen LogP contribution in [-0.2, 0) is 43.0 Å². The maximum atomic E-state index is 14.9.